The van der Waals surface area contributed by atoms with Gasteiger partial charge in [-0.3, -0.25) is 0 Å². The van der Waals surface area contributed by atoms with E-state index in [-0.39, 0.29) is 0 Å². The van der Waals surface area contributed by atoms with E-state index in [1.165, 1.54) is 0 Å². The van der Waals surface area contributed by atoms with Crippen molar-refractivity contribution in [1.29, 1.82) is 0 Å². The zero-order valence-corrected chi connectivity index (χ0v) is 10.1. The van der Waals surface area contributed by atoms with Gasteiger partial charge >= 0.3 is 5.82 Å². The van der Waals surface area contributed by atoms with Crippen LogP contribution in [0.25, 0.3) is 11.3 Å². The fourth-order valence-corrected chi connectivity index (χ4v) is 1.73. The molecule has 0 aliphatic rings. The average molecular weight is 285 g/mol. The molecule has 0 spiro atoms. The SMILES string of the molecule is COc1ccc(-c2oc(=O)oc2CBr)cc1. The lowest BCUT2D eigenvalue weighted by atomic mass is 10.1. The summed E-state index contributed by atoms with van der Waals surface area (Å²) in [6.07, 6.45) is 0. The second kappa shape index (κ2) is 4.57. The lowest BCUT2D eigenvalue weighted by Crippen LogP contribution is -1.85. The molecule has 0 aliphatic carbocycles. The Morgan fingerprint density at radius 2 is 1.94 bits per heavy atom. The van der Waals surface area contributed by atoms with Crippen molar-refractivity contribution in [1.82, 2.24) is 0 Å². The van der Waals surface area contributed by atoms with Crippen LogP contribution in [0, 0.1) is 0 Å². The molecule has 2 rings (SSSR count). The lowest BCUT2D eigenvalue weighted by Gasteiger charge is -2.00. The zero-order valence-electron chi connectivity index (χ0n) is 8.53. The largest absolute Gasteiger partial charge is 0.519 e. The molecule has 0 bridgehead atoms. The predicted octanol–water partition coefficient (Wildman–Crippen LogP) is 2.80. The van der Waals surface area contributed by atoms with Crippen LogP contribution < -0.4 is 10.6 Å². The summed E-state index contributed by atoms with van der Waals surface area (Å²) in [5.41, 5.74) is 0.779. The van der Waals surface area contributed by atoms with Gasteiger partial charge in [-0.2, -0.15) is 0 Å². The van der Waals surface area contributed by atoms with Gasteiger partial charge in [0, 0.05) is 5.56 Å². The maximum atomic E-state index is 11.0. The highest BCUT2D eigenvalue weighted by Crippen LogP contribution is 2.26. The Morgan fingerprint density at radius 1 is 1.25 bits per heavy atom. The van der Waals surface area contributed by atoms with Crippen LogP contribution in [0.1, 0.15) is 5.76 Å². The van der Waals surface area contributed by atoms with Crippen LogP contribution in [-0.4, -0.2) is 7.11 Å². The van der Waals surface area contributed by atoms with E-state index in [0.29, 0.717) is 16.9 Å². The molecule has 84 valence electrons. The van der Waals surface area contributed by atoms with E-state index in [1.54, 1.807) is 31.4 Å². The molecule has 1 aromatic heterocycles. The van der Waals surface area contributed by atoms with Gasteiger partial charge in [0.15, 0.2) is 11.5 Å². The summed E-state index contributed by atoms with van der Waals surface area (Å²) < 4.78 is 14.9. The van der Waals surface area contributed by atoms with Gasteiger partial charge in [0.05, 0.1) is 12.4 Å². The molecular formula is C11H9BrO4. The monoisotopic (exact) mass is 284 g/mol. The molecule has 0 saturated heterocycles. The Labute approximate surface area is 100.0 Å². The third-order valence-corrected chi connectivity index (χ3v) is 2.63. The van der Waals surface area contributed by atoms with Crippen LogP contribution in [-0.2, 0) is 5.33 Å². The first-order chi connectivity index (χ1) is 7.74. The summed E-state index contributed by atoms with van der Waals surface area (Å²) in [5, 5.41) is 0.431. The number of rotatable bonds is 3. The predicted molar refractivity (Wildman–Crippen MR) is 61.9 cm³/mol. The smallest absolute Gasteiger partial charge is 0.497 e. The minimum Gasteiger partial charge on any atom is -0.497 e. The number of methoxy groups -OCH3 is 1. The van der Waals surface area contributed by atoms with Crippen LogP contribution in [0.3, 0.4) is 0 Å². The summed E-state index contributed by atoms with van der Waals surface area (Å²) in [6, 6.07) is 7.19. The standard InChI is InChI=1S/C11H9BrO4/c1-14-8-4-2-7(3-5-8)10-9(6-12)15-11(13)16-10/h2-5H,6H2,1H3. The van der Waals surface area contributed by atoms with E-state index in [0.717, 1.165) is 11.3 Å². The van der Waals surface area contributed by atoms with Gasteiger partial charge in [0.2, 0.25) is 0 Å². The van der Waals surface area contributed by atoms with Crippen molar-refractivity contribution in [2.75, 3.05) is 7.11 Å². The molecule has 0 amide bonds. The highest BCUT2D eigenvalue weighted by atomic mass is 79.9. The maximum absolute atomic E-state index is 11.0. The van der Waals surface area contributed by atoms with Gasteiger partial charge < -0.3 is 13.6 Å². The minimum absolute atomic E-state index is 0.431. The Bertz CT molecular complexity index is 524. The first kappa shape index (κ1) is 11.0. The maximum Gasteiger partial charge on any atom is 0.519 e. The Kier molecular flexibility index (Phi) is 3.14. The fraction of sp³-hybridized carbons (Fsp3) is 0.182. The number of benzene rings is 1. The highest BCUT2D eigenvalue weighted by Gasteiger charge is 2.13. The molecule has 5 heteroatoms. The van der Waals surface area contributed by atoms with E-state index in [4.69, 9.17) is 13.6 Å². The molecule has 16 heavy (non-hydrogen) atoms. The quantitative estimate of drug-likeness (QED) is 0.814. The number of alkyl halides is 1. The summed E-state index contributed by atoms with van der Waals surface area (Å²) in [7, 11) is 1.59. The highest BCUT2D eigenvalue weighted by molar-refractivity contribution is 9.08. The number of hydrogen-bond acceptors (Lipinski definition) is 4. The molecule has 4 nitrogen and oxygen atoms in total. The number of halogens is 1. The van der Waals surface area contributed by atoms with E-state index in [9.17, 15) is 4.79 Å². The van der Waals surface area contributed by atoms with Crippen molar-refractivity contribution >= 4 is 15.9 Å². The van der Waals surface area contributed by atoms with Crippen LogP contribution in [0.15, 0.2) is 37.9 Å². The first-order valence-electron chi connectivity index (χ1n) is 4.58. The topological polar surface area (TPSA) is 52.6 Å². The second-order valence-corrected chi connectivity index (χ2v) is 3.63. The summed E-state index contributed by atoms with van der Waals surface area (Å²) >= 11 is 3.23. The van der Waals surface area contributed by atoms with E-state index < -0.39 is 5.82 Å². The van der Waals surface area contributed by atoms with Crippen molar-refractivity contribution in [2.24, 2.45) is 0 Å². The second-order valence-electron chi connectivity index (χ2n) is 3.07. The molecule has 0 radical (unpaired) electrons. The van der Waals surface area contributed by atoms with Crippen molar-refractivity contribution in [3.05, 3.63) is 40.6 Å². The molecule has 1 heterocycles. The van der Waals surface area contributed by atoms with Crippen molar-refractivity contribution in [3.63, 3.8) is 0 Å². The Hall–Kier alpha value is -1.49. The lowest BCUT2D eigenvalue weighted by molar-refractivity contribution is 0.381. The third-order valence-electron chi connectivity index (χ3n) is 2.12. The average Bonchev–Trinajstić information content (AvgIpc) is 2.70. The summed E-state index contributed by atoms with van der Waals surface area (Å²) in [4.78, 5) is 11.0. The molecule has 0 fully saturated rings. The van der Waals surface area contributed by atoms with Crippen LogP contribution in [0.4, 0.5) is 0 Å². The van der Waals surface area contributed by atoms with Gasteiger partial charge in [-0.25, -0.2) is 4.79 Å². The fourth-order valence-electron chi connectivity index (χ4n) is 1.36. The zero-order chi connectivity index (χ0) is 11.5. The molecular weight excluding hydrogens is 276 g/mol. The first-order valence-corrected chi connectivity index (χ1v) is 5.70. The summed E-state index contributed by atoms with van der Waals surface area (Å²) in [6.45, 7) is 0. The van der Waals surface area contributed by atoms with Gasteiger partial charge in [-0.05, 0) is 24.3 Å². The molecule has 0 unspecified atom stereocenters. The molecule has 0 aliphatic heterocycles. The van der Waals surface area contributed by atoms with E-state index in [1.807, 2.05) is 0 Å². The molecule has 1 aromatic carbocycles. The Morgan fingerprint density at radius 3 is 2.50 bits per heavy atom. The Balaban J connectivity index is 2.45. The van der Waals surface area contributed by atoms with E-state index in [2.05, 4.69) is 15.9 Å². The van der Waals surface area contributed by atoms with Crippen molar-refractivity contribution < 1.29 is 13.6 Å². The molecule has 0 atom stereocenters. The molecule has 0 N–H and O–H groups in total. The molecule has 2 aromatic rings. The van der Waals surface area contributed by atoms with Gasteiger partial charge in [0.25, 0.3) is 0 Å². The minimum atomic E-state index is -0.694. The number of ether oxygens (including phenoxy) is 1. The van der Waals surface area contributed by atoms with Crippen LogP contribution >= 0.6 is 15.9 Å². The van der Waals surface area contributed by atoms with Gasteiger partial charge in [0.1, 0.15) is 5.75 Å². The van der Waals surface area contributed by atoms with E-state index >= 15 is 0 Å². The summed E-state index contributed by atoms with van der Waals surface area (Å²) in [5.74, 6) is 0.981. The van der Waals surface area contributed by atoms with Gasteiger partial charge in [-0.15, -0.1) is 0 Å². The van der Waals surface area contributed by atoms with Crippen molar-refractivity contribution in [2.45, 2.75) is 5.33 Å². The molecule has 0 saturated carbocycles. The van der Waals surface area contributed by atoms with Crippen molar-refractivity contribution in [3.8, 4) is 17.1 Å². The van der Waals surface area contributed by atoms with Gasteiger partial charge in [-0.1, -0.05) is 15.9 Å². The third kappa shape index (κ3) is 2.04. The number of hydrogen-bond donors (Lipinski definition) is 0. The van der Waals surface area contributed by atoms with Crippen LogP contribution in [0.5, 0.6) is 5.75 Å². The normalized spacial score (nSPS) is 10.4. The van der Waals surface area contributed by atoms with Crippen LogP contribution in [0.2, 0.25) is 0 Å².